The van der Waals surface area contributed by atoms with Crippen molar-refractivity contribution in [3.63, 3.8) is 0 Å². The van der Waals surface area contributed by atoms with Gasteiger partial charge in [0, 0.05) is 12.6 Å². The first kappa shape index (κ1) is 10.7. The number of anilines is 1. The van der Waals surface area contributed by atoms with E-state index in [1.165, 1.54) is 0 Å². The van der Waals surface area contributed by atoms with Crippen LogP contribution in [0, 0.1) is 24.2 Å². The highest BCUT2D eigenvalue weighted by molar-refractivity contribution is 6.29. The molecule has 1 aromatic rings. The van der Waals surface area contributed by atoms with Crippen molar-refractivity contribution in [2.75, 3.05) is 11.9 Å². The molecule has 74 valence electrons. The first-order valence-corrected chi connectivity index (χ1v) is 4.64. The molecule has 0 saturated carbocycles. The van der Waals surface area contributed by atoms with Gasteiger partial charge in [0.2, 0.25) is 0 Å². The van der Waals surface area contributed by atoms with Crippen molar-refractivity contribution in [3.8, 4) is 6.07 Å². The fourth-order valence-electron chi connectivity index (χ4n) is 0.925. The van der Waals surface area contributed by atoms with Gasteiger partial charge >= 0.3 is 0 Å². The van der Waals surface area contributed by atoms with Crippen molar-refractivity contribution in [3.05, 3.63) is 17.0 Å². The zero-order valence-electron chi connectivity index (χ0n) is 8.08. The molecule has 14 heavy (non-hydrogen) atoms. The van der Waals surface area contributed by atoms with Gasteiger partial charge < -0.3 is 5.32 Å². The Bertz CT molecular complexity index is 338. The third kappa shape index (κ3) is 3.19. The molecule has 1 N–H and O–H groups in total. The fourth-order valence-corrected chi connectivity index (χ4v) is 1.15. The number of nitrogens with zero attached hydrogens (tertiary/aromatic N) is 3. The molecule has 0 aliphatic heterocycles. The van der Waals surface area contributed by atoms with Gasteiger partial charge in [0.05, 0.1) is 12.0 Å². The Labute approximate surface area is 87.9 Å². The molecule has 0 amide bonds. The minimum absolute atomic E-state index is 0.0518. The van der Waals surface area contributed by atoms with Crippen molar-refractivity contribution in [1.29, 1.82) is 5.26 Å². The van der Waals surface area contributed by atoms with E-state index in [2.05, 4.69) is 21.4 Å². The molecule has 0 radical (unpaired) electrons. The summed E-state index contributed by atoms with van der Waals surface area (Å²) in [5.41, 5.74) is 0. The normalized spacial score (nSPS) is 11.9. The Morgan fingerprint density at radius 1 is 1.64 bits per heavy atom. The van der Waals surface area contributed by atoms with Crippen LogP contribution in [0.15, 0.2) is 6.07 Å². The quantitative estimate of drug-likeness (QED) is 0.776. The van der Waals surface area contributed by atoms with Gasteiger partial charge in [-0.15, -0.1) is 0 Å². The van der Waals surface area contributed by atoms with Gasteiger partial charge in [-0.2, -0.15) is 5.26 Å². The van der Waals surface area contributed by atoms with E-state index in [0.717, 1.165) is 0 Å². The van der Waals surface area contributed by atoms with Crippen LogP contribution in [0.3, 0.4) is 0 Å². The Balaban J connectivity index is 2.64. The Kier molecular flexibility index (Phi) is 3.66. The summed E-state index contributed by atoms with van der Waals surface area (Å²) in [5.74, 6) is 1.22. The molecule has 1 heterocycles. The number of halogens is 1. The summed E-state index contributed by atoms with van der Waals surface area (Å²) in [4.78, 5) is 8.06. The van der Waals surface area contributed by atoms with Gasteiger partial charge in [-0.1, -0.05) is 11.6 Å². The van der Waals surface area contributed by atoms with Crippen LogP contribution in [-0.2, 0) is 0 Å². The molecular weight excluding hydrogens is 200 g/mol. The molecule has 0 aromatic carbocycles. The van der Waals surface area contributed by atoms with E-state index in [1.54, 1.807) is 13.0 Å². The van der Waals surface area contributed by atoms with Gasteiger partial charge in [-0.3, -0.25) is 0 Å². The fraction of sp³-hybridized carbons (Fsp3) is 0.444. The van der Waals surface area contributed by atoms with Gasteiger partial charge in [0.15, 0.2) is 0 Å². The van der Waals surface area contributed by atoms with Gasteiger partial charge in [-0.25, -0.2) is 9.97 Å². The lowest BCUT2D eigenvalue weighted by molar-refractivity contribution is 0.781. The lowest BCUT2D eigenvalue weighted by Crippen LogP contribution is -2.11. The topological polar surface area (TPSA) is 61.6 Å². The third-order valence-corrected chi connectivity index (χ3v) is 1.81. The highest BCUT2D eigenvalue weighted by Crippen LogP contribution is 2.11. The van der Waals surface area contributed by atoms with Crippen LogP contribution in [-0.4, -0.2) is 16.5 Å². The molecular formula is C9H11ClN4. The zero-order valence-corrected chi connectivity index (χ0v) is 8.84. The average molecular weight is 211 g/mol. The maximum Gasteiger partial charge on any atom is 0.134 e. The number of hydrogen-bond acceptors (Lipinski definition) is 4. The van der Waals surface area contributed by atoms with Crippen LogP contribution in [0.1, 0.15) is 12.7 Å². The molecule has 1 unspecified atom stereocenters. The van der Waals surface area contributed by atoms with Crippen LogP contribution >= 0.6 is 11.6 Å². The van der Waals surface area contributed by atoms with E-state index in [9.17, 15) is 0 Å². The predicted molar refractivity (Wildman–Crippen MR) is 55.0 cm³/mol. The predicted octanol–water partition coefficient (Wildman–Crippen LogP) is 2.01. The molecule has 0 aliphatic carbocycles. The van der Waals surface area contributed by atoms with E-state index in [0.29, 0.717) is 23.3 Å². The van der Waals surface area contributed by atoms with E-state index in [4.69, 9.17) is 16.9 Å². The summed E-state index contributed by atoms with van der Waals surface area (Å²) in [6, 6.07) is 3.76. The molecule has 0 saturated heterocycles. The molecule has 5 heteroatoms. The Morgan fingerprint density at radius 3 is 2.93 bits per heavy atom. The summed E-state index contributed by atoms with van der Waals surface area (Å²) < 4.78 is 0. The smallest absolute Gasteiger partial charge is 0.134 e. The second-order valence-corrected chi connectivity index (χ2v) is 3.42. The maximum absolute atomic E-state index is 8.57. The standard InChI is InChI=1S/C9H11ClN4/c1-6(4-11)5-12-9-3-8(10)13-7(2)14-9/h3,6H,5H2,1-2H3,(H,12,13,14). The second kappa shape index (κ2) is 4.77. The lowest BCUT2D eigenvalue weighted by Gasteiger charge is -2.06. The van der Waals surface area contributed by atoms with E-state index < -0.39 is 0 Å². The average Bonchev–Trinajstić information content (AvgIpc) is 2.12. The minimum Gasteiger partial charge on any atom is -0.369 e. The van der Waals surface area contributed by atoms with Crippen LogP contribution in [0.25, 0.3) is 0 Å². The van der Waals surface area contributed by atoms with Gasteiger partial charge in [0.25, 0.3) is 0 Å². The summed E-state index contributed by atoms with van der Waals surface area (Å²) in [7, 11) is 0. The van der Waals surface area contributed by atoms with Gasteiger partial charge in [0.1, 0.15) is 16.8 Å². The maximum atomic E-state index is 8.57. The first-order valence-electron chi connectivity index (χ1n) is 4.26. The SMILES string of the molecule is Cc1nc(Cl)cc(NCC(C)C#N)n1. The van der Waals surface area contributed by atoms with Crippen molar-refractivity contribution < 1.29 is 0 Å². The highest BCUT2D eigenvalue weighted by Gasteiger charge is 2.02. The number of nitrogens with one attached hydrogen (secondary N) is 1. The molecule has 0 bridgehead atoms. The summed E-state index contributed by atoms with van der Waals surface area (Å²) in [6.07, 6.45) is 0. The van der Waals surface area contributed by atoms with Crippen LogP contribution in [0.5, 0.6) is 0 Å². The second-order valence-electron chi connectivity index (χ2n) is 3.03. The Hall–Kier alpha value is -1.34. The van der Waals surface area contributed by atoms with E-state index in [1.807, 2.05) is 6.92 Å². The number of aromatic nitrogens is 2. The molecule has 0 aliphatic rings. The lowest BCUT2D eigenvalue weighted by atomic mass is 10.2. The molecule has 4 nitrogen and oxygen atoms in total. The van der Waals surface area contributed by atoms with Crippen molar-refractivity contribution >= 4 is 17.4 Å². The number of aryl methyl sites for hydroxylation is 1. The summed E-state index contributed by atoms with van der Waals surface area (Å²) in [6.45, 7) is 4.16. The van der Waals surface area contributed by atoms with Crippen LogP contribution in [0.2, 0.25) is 5.15 Å². The van der Waals surface area contributed by atoms with Gasteiger partial charge in [-0.05, 0) is 13.8 Å². The van der Waals surface area contributed by atoms with Crippen molar-refractivity contribution in [2.24, 2.45) is 5.92 Å². The molecule has 1 atom stereocenters. The molecule has 0 spiro atoms. The summed E-state index contributed by atoms with van der Waals surface area (Å²) in [5, 5.41) is 12.0. The number of hydrogen-bond donors (Lipinski definition) is 1. The van der Waals surface area contributed by atoms with Crippen LogP contribution < -0.4 is 5.32 Å². The number of nitriles is 1. The van der Waals surface area contributed by atoms with Crippen molar-refractivity contribution in [2.45, 2.75) is 13.8 Å². The highest BCUT2D eigenvalue weighted by atomic mass is 35.5. The minimum atomic E-state index is -0.0518. The monoisotopic (exact) mass is 210 g/mol. The molecule has 1 rings (SSSR count). The molecule has 1 aromatic heterocycles. The van der Waals surface area contributed by atoms with E-state index in [-0.39, 0.29) is 5.92 Å². The largest absolute Gasteiger partial charge is 0.369 e. The summed E-state index contributed by atoms with van der Waals surface area (Å²) >= 11 is 5.74. The van der Waals surface area contributed by atoms with E-state index >= 15 is 0 Å². The number of rotatable bonds is 3. The third-order valence-electron chi connectivity index (χ3n) is 1.62. The Morgan fingerprint density at radius 2 is 2.36 bits per heavy atom. The first-order chi connectivity index (χ1) is 6.61. The van der Waals surface area contributed by atoms with Crippen LogP contribution in [0.4, 0.5) is 5.82 Å². The zero-order chi connectivity index (χ0) is 10.6. The van der Waals surface area contributed by atoms with Crippen molar-refractivity contribution in [1.82, 2.24) is 9.97 Å². The molecule has 0 fully saturated rings.